The minimum Gasteiger partial charge on any atom is -0.355 e. The molecule has 2 N–H and O–H groups in total. The molecule has 23 heavy (non-hydrogen) atoms. The molecule has 124 valence electrons. The van der Waals surface area contributed by atoms with Crippen molar-refractivity contribution < 1.29 is 4.79 Å². The summed E-state index contributed by atoms with van der Waals surface area (Å²) >= 11 is 0. The number of rotatable bonds is 4. The molecule has 3 rings (SSSR count). The molecular weight excluding hydrogens is 308 g/mol. The van der Waals surface area contributed by atoms with Crippen LogP contribution in [-0.4, -0.2) is 25.5 Å². The lowest BCUT2D eigenvalue weighted by molar-refractivity contribution is -0.121. The third kappa shape index (κ3) is 4.69. The molecule has 1 aliphatic heterocycles. The Kier molecular flexibility index (Phi) is 6.03. The van der Waals surface area contributed by atoms with E-state index in [4.69, 9.17) is 0 Å². The normalized spacial score (nSPS) is 20.7. The lowest BCUT2D eigenvalue weighted by Gasteiger charge is -2.34. The second-order valence-corrected chi connectivity index (χ2v) is 6.73. The van der Waals surface area contributed by atoms with Gasteiger partial charge in [-0.15, -0.1) is 12.4 Å². The van der Waals surface area contributed by atoms with Gasteiger partial charge in [-0.1, -0.05) is 49.4 Å². The van der Waals surface area contributed by atoms with E-state index in [1.54, 1.807) is 0 Å². The fraction of sp³-hybridized carbons (Fsp3) is 0.421. The minimum absolute atomic E-state index is 0. The molecule has 0 saturated carbocycles. The Bertz CT molecular complexity index is 665. The zero-order valence-corrected chi connectivity index (χ0v) is 14.4. The predicted molar refractivity (Wildman–Crippen MR) is 98.1 cm³/mol. The van der Waals surface area contributed by atoms with Crippen molar-refractivity contribution in [2.45, 2.75) is 26.2 Å². The molecule has 0 radical (unpaired) electrons. The molecule has 1 saturated heterocycles. The zero-order chi connectivity index (χ0) is 15.4. The van der Waals surface area contributed by atoms with E-state index in [1.807, 2.05) is 18.2 Å². The van der Waals surface area contributed by atoms with Gasteiger partial charge in [-0.05, 0) is 41.1 Å². The molecule has 2 aromatic carbocycles. The SMILES string of the molecule is CC1(CNC(=O)Cc2ccc3ccccc3c2)CCCNC1.Cl. The first-order valence-corrected chi connectivity index (χ1v) is 8.10. The molecule has 1 heterocycles. The van der Waals surface area contributed by atoms with Gasteiger partial charge in [-0.2, -0.15) is 0 Å². The summed E-state index contributed by atoms with van der Waals surface area (Å²) < 4.78 is 0. The summed E-state index contributed by atoms with van der Waals surface area (Å²) in [4.78, 5) is 12.2. The monoisotopic (exact) mass is 332 g/mol. The molecular formula is C19H25ClN2O. The molecule has 3 nitrogen and oxygen atoms in total. The van der Waals surface area contributed by atoms with Gasteiger partial charge in [0.15, 0.2) is 0 Å². The van der Waals surface area contributed by atoms with Crippen LogP contribution in [0.3, 0.4) is 0 Å². The summed E-state index contributed by atoms with van der Waals surface area (Å²) in [5.74, 6) is 0.113. The van der Waals surface area contributed by atoms with Gasteiger partial charge >= 0.3 is 0 Å². The van der Waals surface area contributed by atoms with Gasteiger partial charge < -0.3 is 10.6 Å². The summed E-state index contributed by atoms with van der Waals surface area (Å²) in [6.07, 6.45) is 2.82. The molecule has 1 aliphatic rings. The van der Waals surface area contributed by atoms with E-state index in [2.05, 4.69) is 41.8 Å². The van der Waals surface area contributed by atoms with Gasteiger partial charge in [0.2, 0.25) is 5.91 Å². The third-order valence-electron chi connectivity index (χ3n) is 4.58. The third-order valence-corrected chi connectivity index (χ3v) is 4.58. The Morgan fingerprint density at radius 2 is 2.00 bits per heavy atom. The Balaban J connectivity index is 0.00000192. The first-order valence-electron chi connectivity index (χ1n) is 8.10. The summed E-state index contributed by atoms with van der Waals surface area (Å²) in [5.41, 5.74) is 1.26. The van der Waals surface area contributed by atoms with Crippen molar-refractivity contribution in [1.82, 2.24) is 10.6 Å². The molecule has 4 heteroatoms. The van der Waals surface area contributed by atoms with Gasteiger partial charge in [0.05, 0.1) is 6.42 Å². The standard InChI is InChI=1S/C19H24N2O.ClH/c1-19(9-4-10-20-13-19)14-21-18(22)12-15-7-8-16-5-2-3-6-17(16)11-15;/h2-3,5-8,11,20H,4,9-10,12-14H2,1H3,(H,21,22);1H. The molecule has 1 unspecified atom stereocenters. The zero-order valence-electron chi connectivity index (χ0n) is 13.6. The highest BCUT2D eigenvalue weighted by Gasteiger charge is 2.26. The summed E-state index contributed by atoms with van der Waals surface area (Å²) in [6.45, 7) is 5.09. The minimum atomic E-state index is 0. The highest BCUT2D eigenvalue weighted by molar-refractivity contribution is 5.86. The Labute approximate surface area is 144 Å². The largest absolute Gasteiger partial charge is 0.355 e. The Morgan fingerprint density at radius 3 is 2.74 bits per heavy atom. The van der Waals surface area contributed by atoms with Crippen LogP contribution in [0.5, 0.6) is 0 Å². The molecule has 0 bridgehead atoms. The van der Waals surface area contributed by atoms with Crippen LogP contribution < -0.4 is 10.6 Å². The lowest BCUT2D eigenvalue weighted by Crippen LogP contribution is -2.45. The highest BCUT2D eigenvalue weighted by atomic mass is 35.5. The predicted octanol–water partition coefficient (Wildman–Crippen LogP) is 3.31. The van der Waals surface area contributed by atoms with Crippen LogP contribution in [0.25, 0.3) is 10.8 Å². The van der Waals surface area contributed by atoms with E-state index in [0.29, 0.717) is 6.42 Å². The van der Waals surface area contributed by atoms with E-state index in [-0.39, 0.29) is 23.7 Å². The fourth-order valence-corrected chi connectivity index (χ4v) is 3.18. The van der Waals surface area contributed by atoms with Gasteiger partial charge in [0, 0.05) is 13.1 Å². The first kappa shape index (κ1) is 17.8. The first-order chi connectivity index (χ1) is 10.6. The maximum absolute atomic E-state index is 12.2. The van der Waals surface area contributed by atoms with Gasteiger partial charge in [-0.25, -0.2) is 0 Å². The smallest absolute Gasteiger partial charge is 0.224 e. The van der Waals surface area contributed by atoms with Crippen molar-refractivity contribution in [1.29, 1.82) is 0 Å². The van der Waals surface area contributed by atoms with E-state index < -0.39 is 0 Å². The topological polar surface area (TPSA) is 41.1 Å². The van der Waals surface area contributed by atoms with E-state index in [9.17, 15) is 4.79 Å². The number of carbonyl (C=O) groups is 1. The molecule has 2 aromatic rings. The number of fused-ring (bicyclic) bond motifs is 1. The lowest BCUT2D eigenvalue weighted by atomic mass is 9.83. The van der Waals surface area contributed by atoms with E-state index in [1.165, 1.54) is 23.6 Å². The molecule has 1 amide bonds. The van der Waals surface area contributed by atoms with Crippen LogP contribution in [0.15, 0.2) is 42.5 Å². The van der Waals surface area contributed by atoms with Crippen molar-refractivity contribution in [3.63, 3.8) is 0 Å². The quantitative estimate of drug-likeness (QED) is 0.902. The van der Waals surface area contributed by atoms with E-state index in [0.717, 1.165) is 25.2 Å². The van der Waals surface area contributed by atoms with Crippen LogP contribution in [0.2, 0.25) is 0 Å². The van der Waals surface area contributed by atoms with Crippen LogP contribution in [-0.2, 0) is 11.2 Å². The van der Waals surface area contributed by atoms with Crippen molar-refractivity contribution in [2.24, 2.45) is 5.41 Å². The van der Waals surface area contributed by atoms with Crippen molar-refractivity contribution in [3.8, 4) is 0 Å². The number of hydrogen-bond acceptors (Lipinski definition) is 2. The van der Waals surface area contributed by atoms with Crippen LogP contribution in [0.4, 0.5) is 0 Å². The second-order valence-electron chi connectivity index (χ2n) is 6.73. The maximum Gasteiger partial charge on any atom is 0.224 e. The Morgan fingerprint density at radius 1 is 1.22 bits per heavy atom. The average Bonchev–Trinajstić information content (AvgIpc) is 2.54. The average molecular weight is 333 g/mol. The Hall–Kier alpha value is -1.58. The molecule has 1 fully saturated rings. The van der Waals surface area contributed by atoms with Gasteiger partial charge in [0.25, 0.3) is 0 Å². The number of benzene rings is 2. The highest BCUT2D eigenvalue weighted by Crippen LogP contribution is 2.24. The van der Waals surface area contributed by atoms with Crippen LogP contribution in [0, 0.1) is 5.41 Å². The number of piperidine rings is 1. The van der Waals surface area contributed by atoms with Crippen LogP contribution in [0.1, 0.15) is 25.3 Å². The summed E-state index contributed by atoms with van der Waals surface area (Å²) in [6, 6.07) is 14.5. The van der Waals surface area contributed by atoms with Crippen molar-refractivity contribution >= 4 is 29.1 Å². The van der Waals surface area contributed by atoms with Gasteiger partial charge in [0.1, 0.15) is 0 Å². The molecule has 0 aromatic heterocycles. The molecule has 0 spiro atoms. The van der Waals surface area contributed by atoms with Gasteiger partial charge in [-0.3, -0.25) is 4.79 Å². The summed E-state index contributed by atoms with van der Waals surface area (Å²) in [7, 11) is 0. The van der Waals surface area contributed by atoms with Crippen molar-refractivity contribution in [2.75, 3.05) is 19.6 Å². The molecule has 0 aliphatic carbocycles. The second kappa shape index (κ2) is 7.80. The maximum atomic E-state index is 12.2. The van der Waals surface area contributed by atoms with Crippen LogP contribution >= 0.6 is 12.4 Å². The number of carbonyl (C=O) groups excluding carboxylic acids is 1. The van der Waals surface area contributed by atoms with Crippen molar-refractivity contribution in [3.05, 3.63) is 48.0 Å². The number of halogens is 1. The fourth-order valence-electron chi connectivity index (χ4n) is 3.18. The van der Waals surface area contributed by atoms with E-state index >= 15 is 0 Å². The molecule has 1 atom stereocenters. The number of hydrogen-bond donors (Lipinski definition) is 2. The summed E-state index contributed by atoms with van der Waals surface area (Å²) in [5, 5.41) is 8.93. The number of amides is 1. The number of nitrogens with one attached hydrogen (secondary N) is 2.